The molecule has 0 aromatic heterocycles. The SMILES string of the molecule is COC(=O)c1ccc(O)cc1F.O=C(O)c1ccc(O)cc1F. The Morgan fingerprint density at radius 2 is 1.35 bits per heavy atom. The number of aromatic hydroxyl groups is 2. The largest absolute Gasteiger partial charge is 0.508 e. The van der Waals surface area contributed by atoms with E-state index in [1.54, 1.807) is 0 Å². The van der Waals surface area contributed by atoms with Crippen molar-refractivity contribution < 1.29 is 38.4 Å². The first-order chi connectivity index (χ1) is 10.8. The van der Waals surface area contributed by atoms with Gasteiger partial charge in [-0.05, 0) is 24.3 Å². The maximum absolute atomic E-state index is 12.8. The Balaban J connectivity index is 0.000000231. The minimum Gasteiger partial charge on any atom is -0.508 e. The summed E-state index contributed by atoms with van der Waals surface area (Å²) in [5.74, 6) is -4.33. The topological polar surface area (TPSA) is 104 Å². The second kappa shape index (κ2) is 7.74. The first-order valence-corrected chi connectivity index (χ1v) is 6.05. The van der Waals surface area contributed by atoms with E-state index in [9.17, 15) is 18.4 Å². The Kier molecular flexibility index (Phi) is 6.02. The lowest BCUT2D eigenvalue weighted by atomic mass is 10.2. The van der Waals surface area contributed by atoms with Gasteiger partial charge in [0, 0.05) is 12.1 Å². The van der Waals surface area contributed by atoms with Gasteiger partial charge >= 0.3 is 11.9 Å². The van der Waals surface area contributed by atoms with Crippen molar-refractivity contribution in [2.75, 3.05) is 7.11 Å². The second-order valence-electron chi connectivity index (χ2n) is 4.13. The molecule has 0 aliphatic carbocycles. The molecule has 0 saturated carbocycles. The molecule has 0 spiro atoms. The summed E-state index contributed by atoms with van der Waals surface area (Å²) in [6.45, 7) is 0. The Morgan fingerprint density at radius 1 is 0.913 bits per heavy atom. The molecule has 2 rings (SSSR count). The molecule has 23 heavy (non-hydrogen) atoms. The van der Waals surface area contributed by atoms with E-state index in [4.69, 9.17) is 15.3 Å². The van der Waals surface area contributed by atoms with Crippen LogP contribution in [0.3, 0.4) is 0 Å². The molecule has 0 amide bonds. The lowest BCUT2D eigenvalue weighted by molar-refractivity contribution is 0.0594. The highest BCUT2D eigenvalue weighted by molar-refractivity contribution is 5.89. The predicted octanol–water partition coefficient (Wildman–Crippen LogP) is 2.55. The van der Waals surface area contributed by atoms with Crippen molar-refractivity contribution in [3.05, 3.63) is 59.2 Å². The molecule has 2 aromatic carbocycles. The van der Waals surface area contributed by atoms with Gasteiger partial charge in [0.2, 0.25) is 0 Å². The molecular weight excluding hydrogens is 314 g/mol. The van der Waals surface area contributed by atoms with Crippen molar-refractivity contribution in [1.82, 2.24) is 0 Å². The fourth-order valence-corrected chi connectivity index (χ4v) is 1.46. The zero-order chi connectivity index (χ0) is 17.6. The molecule has 122 valence electrons. The van der Waals surface area contributed by atoms with Gasteiger partial charge in [0.05, 0.1) is 18.2 Å². The summed E-state index contributed by atoms with van der Waals surface area (Å²) in [6.07, 6.45) is 0. The average Bonchev–Trinajstić information content (AvgIpc) is 2.46. The normalized spacial score (nSPS) is 9.52. The molecule has 0 heterocycles. The number of rotatable bonds is 2. The number of ether oxygens (including phenoxy) is 1. The highest BCUT2D eigenvalue weighted by Gasteiger charge is 2.11. The van der Waals surface area contributed by atoms with Crippen molar-refractivity contribution in [1.29, 1.82) is 0 Å². The molecule has 0 saturated heterocycles. The Hall–Kier alpha value is -3.16. The van der Waals surface area contributed by atoms with Crippen LogP contribution in [0.15, 0.2) is 36.4 Å². The quantitative estimate of drug-likeness (QED) is 0.733. The molecule has 8 heteroatoms. The van der Waals surface area contributed by atoms with Gasteiger partial charge in [-0.25, -0.2) is 18.4 Å². The molecule has 0 atom stereocenters. The molecule has 0 unspecified atom stereocenters. The van der Waals surface area contributed by atoms with Crippen molar-refractivity contribution in [2.45, 2.75) is 0 Å². The number of phenolic OH excluding ortho intramolecular Hbond substituents is 2. The first-order valence-electron chi connectivity index (χ1n) is 6.05. The number of benzene rings is 2. The van der Waals surface area contributed by atoms with E-state index in [1.165, 1.54) is 6.07 Å². The number of aromatic carboxylic acids is 1. The third-order valence-corrected chi connectivity index (χ3v) is 2.54. The minimum atomic E-state index is -1.34. The number of esters is 1. The van der Waals surface area contributed by atoms with Gasteiger partial charge in [-0.15, -0.1) is 0 Å². The maximum atomic E-state index is 12.8. The van der Waals surface area contributed by atoms with Gasteiger partial charge in [0.15, 0.2) is 0 Å². The fourth-order valence-electron chi connectivity index (χ4n) is 1.46. The summed E-state index contributed by atoms with van der Waals surface area (Å²) >= 11 is 0. The molecule has 0 radical (unpaired) electrons. The Bertz CT molecular complexity index is 730. The van der Waals surface area contributed by atoms with Crippen LogP contribution in [0.4, 0.5) is 8.78 Å². The van der Waals surface area contributed by atoms with Crippen LogP contribution in [-0.2, 0) is 4.74 Å². The van der Waals surface area contributed by atoms with Gasteiger partial charge in [-0.3, -0.25) is 0 Å². The fraction of sp³-hybridized carbons (Fsp3) is 0.0667. The van der Waals surface area contributed by atoms with Crippen molar-refractivity contribution in [2.24, 2.45) is 0 Å². The van der Waals surface area contributed by atoms with Crippen molar-refractivity contribution in [3.8, 4) is 11.5 Å². The van der Waals surface area contributed by atoms with E-state index >= 15 is 0 Å². The number of phenols is 2. The van der Waals surface area contributed by atoms with E-state index in [2.05, 4.69) is 4.74 Å². The number of carbonyl (C=O) groups is 2. The molecule has 0 bridgehead atoms. The lowest BCUT2D eigenvalue weighted by Crippen LogP contribution is -2.03. The van der Waals surface area contributed by atoms with Crippen LogP contribution in [0.2, 0.25) is 0 Å². The molecule has 2 aromatic rings. The smallest absolute Gasteiger partial charge is 0.340 e. The predicted molar refractivity (Wildman–Crippen MR) is 74.4 cm³/mol. The van der Waals surface area contributed by atoms with E-state index in [0.717, 1.165) is 37.4 Å². The molecule has 6 nitrogen and oxygen atoms in total. The zero-order valence-electron chi connectivity index (χ0n) is 11.8. The second-order valence-corrected chi connectivity index (χ2v) is 4.13. The van der Waals surface area contributed by atoms with Gasteiger partial charge in [0.25, 0.3) is 0 Å². The van der Waals surface area contributed by atoms with Gasteiger partial charge in [-0.2, -0.15) is 0 Å². The summed E-state index contributed by atoms with van der Waals surface area (Å²) in [7, 11) is 1.16. The van der Waals surface area contributed by atoms with E-state index in [-0.39, 0.29) is 17.1 Å². The van der Waals surface area contributed by atoms with Crippen LogP contribution in [0.25, 0.3) is 0 Å². The molecular formula is C15H12F2O6. The molecule has 0 aliphatic rings. The van der Waals surface area contributed by atoms with E-state index in [0.29, 0.717) is 0 Å². The number of hydrogen-bond donors (Lipinski definition) is 3. The van der Waals surface area contributed by atoms with Crippen molar-refractivity contribution in [3.63, 3.8) is 0 Å². The van der Waals surface area contributed by atoms with Gasteiger partial charge in [0.1, 0.15) is 23.1 Å². The van der Waals surface area contributed by atoms with Crippen LogP contribution in [0.1, 0.15) is 20.7 Å². The summed E-state index contributed by atoms with van der Waals surface area (Å²) in [5.41, 5.74) is -0.627. The summed E-state index contributed by atoms with van der Waals surface area (Å²) in [5, 5.41) is 25.8. The first kappa shape index (κ1) is 17.9. The maximum Gasteiger partial charge on any atom is 0.340 e. The zero-order valence-corrected chi connectivity index (χ0v) is 11.8. The number of hydrogen-bond acceptors (Lipinski definition) is 5. The van der Waals surface area contributed by atoms with E-state index < -0.39 is 29.1 Å². The average molecular weight is 326 g/mol. The summed E-state index contributed by atoms with van der Waals surface area (Å²) in [4.78, 5) is 21.0. The van der Waals surface area contributed by atoms with E-state index in [1.807, 2.05) is 0 Å². The van der Waals surface area contributed by atoms with Crippen LogP contribution in [0.5, 0.6) is 11.5 Å². The number of carboxylic acid groups (broad SMARTS) is 1. The molecule has 0 fully saturated rings. The number of methoxy groups -OCH3 is 1. The third-order valence-electron chi connectivity index (χ3n) is 2.54. The number of carbonyl (C=O) groups excluding carboxylic acids is 1. The van der Waals surface area contributed by atoms with Gasteiger partial charge in [-0.1, -0.05) is 0 Å². The van der Waals surface area contributed by atoms with Gasteiger partial charge < -0.3 is 20.1 Å². The van der Waals surface area contributed by atoms with Crippen LogP contribution in [0, 0.1) is 11.6 Å². The third kappa shape index (κ3) is 4.95. The minimum absolute atomic E-state index is 0.185. The molecule has 3 N–H and O–H groups in total. The van der Waals surface area contributed by atoms with Crippen LogP contribution in [-0.4, -0.2) is 34.4 Å². The van der Waals surface area contributed by atoms with Crippen LogP contribution >= 0.6 is 0 Å². The highest BCUT2D eigenvalue weighted by atomic mass is 19.1. The lowest BCUT2D eigenvalue weighted by Gasteiger charge is -2.00. The standard InChI is InChI=1S/C8H7FO3.C7H5FO3/c1-12-8(11)6-3-2-5(10)4-7(6)9;8-6-3-4(9)1-2-5(6)7(10)11/h2-4,10H,1H3;1-3,9H,(H,10,11). The highest BCUT2D eigenvalue weighted by Crippen LogP contribution is 2.15. The Labute approximate surface area is 129 Å². The number of carboxylic acids is 1. The van der Waals surface area contributed by atoms with Crippen molar-refractivity contribution >= 4 is 11.9 Å². The Morgan fingerprint density at radius 3 is 1.70 bits per heavy atom. The number of halogens is 2. The molecule has 0 aliphatic heterocycles. The summed E-state index contributed by atoms with van der Waals surface area (Å²) in [6, 6.07) is 6.11. The van der Waals surface area contributed by atoms with Crippen LogP contribution < -0.4 is 0 Å². The monoisotopic (exact) mass is 326 g/mol. The summed E-state index contributed by atoms with van der Waals surface area (Å²) < 4.78 is 29.7.